The van der Waals surface area contributed by atoms with Crippen molar-refractivity contribution in [1.29, 1.82) is 0 Å². The Morgan fingerprint density at radius 3 is 2.38 bits per heavy atom. The molecule has 0 amide bonds. The highest BCUT2D eigenvalue weighted by molar-refractivity contribution is 14.0. The number of hydrogen-bond donors (Lipinski definition) is 1. The van der Waals surface area contributed by atoms with Crippen molar-refractivity contribution in [2.75, 3.05) is 7.05 Å². The molecule has 0 bridgehead atoms. The molecular formula is C21H26BrIN6. The molecule has 0 aliphatic rings. The number of guanidine groups is 1. The number of nitrogens with one attached hydrogen (secondary N) is 1. The van der Waals surface area contributed by atoms with Gasteiger partial charge in [0, 0.05) is 25.1 Å². The second-order valence-electron chi connectivity index (χ2n) is 6.68. The lowest BCUT2D eigenvalue weighted by Gasteiger charge is -2.22. The minimum Gasteiger partial charge on any atom is -0.349 e. The summed E-state index contributed by atoms with van der Waals surface area (Å²) in [5.74, 6) is 2.59. The zero-order chi connectivity index (χ0) is 19.9. The standard InChI is InChI=1S/C21H25BrN6.HI/c1-16-25-26-20(28(16)3)14-24-21(23-13-17-7-5-4-6-8-17)27(2)15-18-9-11-19(22)12-10-18;/h4-12H,13-15H2,1-3H3,(H,23,24);1H. The van der Waals surface area contributed by atoms with Crippen LogP contribution in [0.15, 0.2) is 64.1 Å². The summed E-state index contributed by atoms with van der Waals surface area (Å²) in [6.07, 6.45) is 0. The van der Waals surface area contributed by atoms with E-state index in [4.69, 9.17) is 4.99 Å². The van der Waals surface area contributed by atoms with Crippen molar-refractivity contribution in [3.8, 4) is 0 Å². The maximum Gasteiger partial charge on any atom is 0.194 e. The summed E-state index contributed by atoms with van der Waals surface area (Å²) in [6.45, 7) is 3.88. The Hall–Kier alpha value is -1.94. The molecule has 6 nitrogen and oxygen atoms in total. The van der Waals surface area contributed by atoms with Crippen molar-refractivity contribution in [1.82, 2.24) is 25.0 Å². The molecule has 0 saturated heterocycles. The first-order chi connectivity index (χ1) is 13.5. The smallest absolute Gasteiger partial charge is 0.194 e. The van der Waals surface area contributed by atoms with E-state index in [9.17, 15) is 0 Å². The van der Waals surface area contributed by atoms with Gasteiger partial charge in [-0.1, -0.05) is 58.4 Å². The first-order valence-corrected chi connectivity index (χ1v) is 9.95. The van der Waals surface area contributed by atoms with Crippen molar-refractivity contribution in [3.63, 3.8) is 0 Å². The Bertz CT molecular complexity index is 924. The largest absolute Gasteiger partial charge is 0.349 e. The summed E-state index contributed by atoms with van der Waals surface area (Å²) in [7, 11) is 4.01. The third-order valence-electron chi connectivity index (χ3n) is 4.54. The lowest BCUT2D eigenvalue weighted by atomic mass is 10.2. The molecule has 2 aromatic carbocycles. The van der Waals surface area contributed by atoms with E-state index in [1.807, 2.05) is 43.8 Å². The zero-order valence-corrected chi connectivity index (χ0v) is 20.8. The van der Waals surface area contributed by atoms with Crippen LogP contribution in [-0.2, 0) is 26.7 Å². The van der Waals surface area contributed by atoms with Crippen LogP contribution in [0.4, 0.5) is 0 Å². The van der Waals surface area contributed by atoms with Crippen LogP contribution in [0, 0.1) is 6.92 Å². The van der Waals surface area contributed by atoms with Crippen LogP contribution in [-0.4, -0.2) is 32.7 Å². The van der Waals surface area contributed by atoms with Crippen molar-refractivity contribution < 1.29 is 0 Å². The number of aryl methyl sites for hydroxylation is 1. The fraction of sp³-hybridized carbons (Fsp3) is 0.286. The normalized spacial score (nSPS) is 11.1. The van der Waals surface area contributed by atoms with Crippen LogP contribution in [0.2, 0.25) is 0 Å². The van der Waals surface area contributed by atoms with Gasteiger partial charge in [0.25, 0.3) is 0 Å². The van der Waals surface area contributed by atoms with Crippen LogP contribution >= 0.6 is 39.9 Å². The van der Waals surface area contributed by atoms with Crippen LogP contribution in [0.25, 0.3) is 0 Å². The van der Waals surface area contributed by atoms with E-state index in [1.54, 1.807) is 0 Å². The predicted molar refractivity (Wildman–Crippen MR) is 131 cm³/mol. The molecule has 0 spiro atoms. The first-order valence-electron chi connectivity index (χ1n) is 9.15. The van der Waals surface area contributed by atoms with E-state index in [2.05, 4.69) is 72.7 Å². The summed E-state index contributed by atoms with van der Waals surface area (Å²) < 4.78 is 3.06. The average Bonchev–Trinajstić information content (AvgIpc) is 3.02. The van der Waals surface area contributed by atoms with Crippen LogP contribution in [0.3, 0.4) is 0 Å². The maximum atomic E-state index is 4.82. The molecule has 1 aromatic heterocycles. The number of benzene rings is 2. The van der Waals surface area contributed by atoms with E-state index >= 15 is 0 Å². The lowest BCUT2D eigenvalue weighted by Crippen LogP contribution is -2.38. The lowest BCUT2D eigenvalue weighted by molar-refractivity contribution is 0.472. The fourth-order valence-electron chi connectivity index (χ4n) is 2.76. The predicted octanol–water partition coefficient (Wildman–Crippen LogP) is 4.28. The van der Waals surface area contributed by atoms with Crippen molar-refractivity contribution in [2.24, 2.45) is 12.0 Å². The Labute approximate surface area is 197 Å². The van der Waals surface area contributed by atoms with Gasteiger partial charge in [0.05, 0.1) is 13.1 Å². The van der Waals surface area contributed by atoms with Crippen molar-refractivity contribution in [2.45, 2.75) is 26.6 Å². The molecule has 1 N–H and O–H groups in total. The topological polar surface area (TPSA) is 58.3 Å². The molecule has 0 aliphatic carbocycles. The first kappa shape index (κ1) is 23.3. The van der Waals surface area contributed by atoms with Crippen LogP contribution in [0.5, 0.6) is 0 Å². The number of halogens is 2. The zero-order valence-electron chi connectivity index (χ0n) is 16.8. The highest BCUT2D eigenvalue weighted by Crippen LogP contribution is 2.12. The van der Waals surface area contributed by atoms with Gasteiger partial charge in [-0.05, 0) is 30.2 Å². The van der Waals surface area contributed by atoms with Gasteiger partial charge in [-0.25, -0.2) is 4.99 Å². The molecule has 0 radical (unpaired) electrons. The summed E-state index contributed by atoms with van der Waals surface area (Å²) in [5.41, 5.74) is 2.39. The van der Waals surface area contributed by atoms with E-state index in [-0.39, 0.29) is 24.0 Å². The monoisotopic (exact) mass is 568 g/mol. The second-order valence-corrected chi connectivity index (χ2v) is 7.60. The number of aliphatic imine (C=N–C) groups is 1. The quantitative estimate of drug-likeness (QED) is 0.274. The van der Waals surface area contributed by atoms with Gasteiger partial charge >= 0.3 is 0 Å². The highest BCUT2D eigenvalue weighted by Gasteiger charge is 2.10. The number of rotatable bonds is 6. The third-order valence-corrected chi connectivity index (χ3v) is 5.06. The van der Waals surface area contributed by atoms with E-state index < -0.39 is 0 Å². The molecule has 0 saturated carbocycles. The minimum absolute atomic E-state index is 0. The Kier molecular flexibility index (Phi) is 9.09. The molecule has 0 unspecified atom stereocenters. The summed E-state index contributed by atoms with van der Waals surface area (Å²) in [5, 5.41) is 11.8. The minimum atomic E-state index is 0. The van der Waals surface area contributed by atoms with Crippen LogP contribution in [0.1, 0.15) is 22.8 Å². The fourth-order valence-corrected chi connectivity index (χ4v) is 3.03. The maximum absolute atomic E-state index is 4.82. The van der Waals surface area contributed by atoms with Gasteiger partial charge in [-0.2, -0.15) is 0 Å². The Balaban J connectivity index is 0.00000300. The van der Waals surface area contributed by atoms with Gasteiger partial charge in [0.15, 0.2) is 11.8 Å². The molecular weight excluding hydrogens is 543 g/mol. The van der Waals surface area contributed by atoms with Gasteiger partial charge in [0.1, 0.15) is 5.82 Å². The van der Waals surface area contributed by atoms with Gasteiger partial charge in [0.2, 0.25) is 0 Å². The average molecular weight is 569 g/mol. The van der Waals surface area contributed by atoms with E-state index in [0.29, 0.717) is 13.1 Å². The second kappa shape index (κ2) is 11.3. The molecule has 3 aromatic rings. The molecule has 1 heterocycles. The van der Waals surface area contributed by atoms with Gasteiger partial charge < -0.3 is 14.8 Å². The summed E-state index contributed by atoms with van der Waals surface area (Å²) in [4.78, 5) is 6.94. The van der Waals surface area contributed by atoms with Gasteiger partial charge in [-0.15, -0.1) is 34.2 Å². The van der Waals surface area contributed by atoms with E-state index in [1.165, 1.54) is 11.1 Å². The molecule has 29 heavy (non-hydrogen) atoms. The SMILES string of the molecule is Cc1nnc(CNC(=NCc2ccccc2)N(C)Cc2ccc(Br)cc2)n1C.I. The Morgan fingerprint density at radius 1 is 1.07 bits per heavy atom. The molecule has 3 rings (SSSR count). The number of hydrogen-bond acceptors (Lipinski definition) is 3. The van der Waals surface area contributed by atoms with Crippen molar-refractivity contribution >= 4 is 45.9 Å². The number of nitrogens with zero attached hydrogens (tertiary/aromatic N) is 5. The highest BCUT2D eigenvalue weighted by atomic mass is 127. The number of aromatic nitrogens is 3. The summed E-state index contributed by atoms with van der Waals surface area (Å²) >= 11 is 3.49. The molecule has 0 fully saturated rings. The summed E-state index contributed by atoms with van der Waals surface area (Å²) in [6, 6.07) is 18.6. The molecule has 0 aliphatic heterocycles. The molecule has 154 valence electrons. The van der Waals surface area contributed by atoms with Crippen LogP contribution < -0.4 is 5.32 Å². The molecule has 0 atom stereocenters. The van der Waals surface area contributed by atoms with Gasteiger partial charge in [-0.3, -0.25) is 0 Å². The third kappa shape index (κ3) is 6.81. The Morgan fingerprint density at radius 2 is 1.76 bits per heavy atom. The van der Waals surface area contributed by atoms with Crippen molar-refractivity contribution in [3.05, 3.63) is 81.8 Å². The molecule has 8 heteroatoms. The van der Waals surface area contributed by atoms with E-state index in [0.717, 1.165) is 28.6 Å².